The first kappa shape index (κ1) is 21.9. The van der Waals surface area contributed by atoms with Gasteiger partial charge in [-0.3, -0.25) is 4.79 Å². The molecule has 0 radical (unpaired) electrons. The normalized spacial score (nSPS) is 13.1. The molecule has 0 aliphatic heterocycles. The van der Waals surface area contributed by atoms with E-state index in [9.17, 15) is 4.79 Å². The second-order valence-electron chi connectivity index (χ2n) is 7.34. The van der Waals surface area contributed by atoms with Gasteiger partial charge < -0.3 is 14.8 Å². The number of thioether (sulfide) groups is 1. The summed E-state index contributed by atoms with van der Waals surface area (Å²) < 4.78 is 10.5. The van der Waals surface area contributed by atoms with Gasteiger partial charge in [0.1, 0.15) is 22.2 Å². The number of thiophene rings is 1. The number of rotatable bonds is 9. The Hall–Kier alpha value is -2.32. The Labute approximate surface area is 190 Å². The predicted molar refractivity (Wildman–Crippen MR) is 127 cm³/mol. The van der Waals surface area contributed by atoms with Gasteiger partial charge in [-0.15, -0.1) is 23.1 Å². The third kappa shape index (κ3) is 5.13. The minimum atomic E-state index is -0.199. The Kier molecular flexibility index (Phi) is 7.29. The number of aryl methyl sites for hydroxylation is 2. The highest BCUT2D eigenvalue weighted by Crippen LogP contribution is 2.39. The lowest BCUT2D eigenvalue weighted by atomic mass is 9.97. The van der Waals surface area contributed by atoms with Crippen molar-refractivity contribution in [3.8, 4) is 5.75 Å². The zero-order valence-electron chi connectivity index (χ0n) is 17.9. The number of methoxy groups -OCH3 is 1. The highest BCUT2D eigenvalue weighted by Gasteiger charge is 2.21. The van der Waals surface area contributed by atoms with E-state index in [-0.39, 0.29) is 5.97 Å². The van der Waals surface area contributed by atoms with Gasteiger partial charge in [0.25, 0.3) is 0 Å². The molecular weight excluding hydrogens is 430 g/mol. The molecule has 3 aromatic rings. The molecule has 4 rings (SSSR count). The van der Waals surface area contributed by atoms with Crippen LogP contribution in [0.15, 0.2) is 24.3 Å². The molecule has 2 heterocycles. The van der Waals surface area contributed by atoms with Crippen molar-refractivity contribution < 1.29 is 14.3 Å². The van der Waals surface area contributed by atoms with Gasteiger partial charge in [0.15, 0.2) is 0 Å². The zero-order chi connectivity index (χ0) is 21.6. The molecule has 0 saturated heterocycles. The largest absolute Gasteiger partial charge is 0.496 e. The topological polar surface area (TPSA) is 73.3 Å². The zero-order valence-corrected chi connectivity index (χ0v) is 19.5. The fourth-order valence-corrected chi connectivity index (χ4v) is 5.79. The summed E-state index contributed by atoms with van der Waals surface area (Å²) in [4.78, 5) is 23.8. The van der Waals surface area contributed by atoms with Crippen LogP contribution in [0.25, 0.3) is 10.2 Å². The summed E-state index contributed by atoms with van der Waals surface area (Å²) in [5, 5.41) is 4.71. The van der Waals surface area contributed by atoms with Crippen molar-refractivity contribution in [1.29, 1.82) is 0 Å². The van der Waals surface area contributed by atoms with Crippen molar-refractivity contribution in [2.75, 3.05) is 24.8 Å². The Bertz CT molecular complexity index is 1070. The number of benzene rings is 1. The molecule has 1 N–H and O–H groups in total. The lowest BCUT2D eigenvalue weighted by Gasteiger charge is -2.14. The van der Waals surface area contributed by atoms with Gasteiger partial charge in [-0.1, -0.05) is 18.2 Å². The second-order valence-corrected chi connectivity index (χ2v) is 9.41. The van der Waals surface area contributed by atoms with Gasteiger partial charge in [0, 0.05) is 17.0 Å². The molecule has 1 aliphatic rings. The fraction of sp³-hybridized carbons (Fsp3) is 0.435. The third-order valence-electron chi connectivity index (χ3n) is 5.26. The molecule has 164 valence electrons. The number of fused-ring (bicyclic) bond motifs is 3. The summed E-state index contributed by atoms with van der Waals surface area (Å²) in [6.07, 6.45) is 4.65. The fourth-order valence-electron chi connectivity index (χ4n) is 3.85. The SMILES string of the molecule is CCOC(=O)CSCc1nc(NCc2ccccc2OC)c2c3c(sc2n1)CCCC3. The molecule has 0 unspecified atom stereocenters. The van der Waals surface area contributed by atoms with Gasteiger partial charge in [-0.2, -0.15) is 0 Å². The number of esters is 1. The van der Waals surface area contributed by atoms with Crippen molar-refractivity contribution >= 4 is 45.1 Å². The van der Waals surface area contributed by atoms with Crippen LogP contribution in [-0.4, -0.2) is 35.4 Å². The van der Waals surface area contributed by atoms with Crippen LogP contribution < -0.4 is 10.1 Å². The predicted octanol–water partition coefficient (Wildman–Crippen LogP) is 4.99. The van der Waals surface area contributed by atoms with Gasteiger partial charge in [0.2, 0.25) is 0 Å². The molecule has 6 nitrogen and oxygen atoms in total. The summed E-state index contributed by atoms with van der Waals surface area (Å²) >= 11 is 3.27. The number of anilines is 1. The molecule has 2 aromatic heterocycles. The number of carbonyl (C=O) groups excluding carboxylic acids is 1. The van der Waals surface area contributed by atoms with E-state index in [0.717, 1.165) is 46.0 Å². The lowest BCUT2D eigenvalue weighted by molar-refractivity contribution is -0.139. The number of hydrogen-bond donors (Lipinski definition) is 1. The highest BCUT2D eigenvalue weighted by molar-refractivity contribution is 7.99. The molecule has 1 aliphatic carbocycles. The van der Waals surface area contributed by atoms with E-state index in [1.807, 2.05) is 25.1 Å². The summed E-state index contributed by atoms with van der Waals surface area (Å²) in [5.74, 6) is 3.15. The van der Waals surface area contributed by atoms with E-state index < -0.39 is 0 Å². The maximum Gasteiger partial charge on any atom is 0.315 e. The monoisotopic (exact) mass is 457 g/mol. The number of nitrogens with zero attached hydrogens (tertiary/aromatic N) is 2. The minimum absolute atomic E-state index is 0.199. The minimum Gasteiger partial charge on any atom is -0.496 e. The Balaban J connectivity index is 1.61. The van der Waals surface area contributed by atoms with Gasteiger partial charge in [-0.05, 0) is 44.2 Å². The average Bonchev–Trinajstić information content (AvgIpc) is 3.16. The first-order chi connectivity index (χ1) is 15.2. The van der Waals surface area contributed by atoms with Crippen LogP contribution >= 0.6 is 23.1 Å². The van der Waals surface area contributed by atoms with Crippen LogP contribution in [0.4, 0.5) is 5.82 Å². The first-order valence-electron chi connectivity index (χ1n) is 10.6. The number of carbonyl (C=O) groups is 1. The number of ether oxygens (including phenoxy) is 2. The van der Waals surface area contributed by atoms with Crippen LogP contribution in [0.5, 0.6) is 5.75 Å². The number of aromatic nitrogens is 2. The smallest absolute Gasteiger partial charge is 0.315 e. The first-order valence-corrected chi connectivity index (χ1v) is 12.6. The van der Waals surface area contributed by atoms with Gasteiger partial charge >= 0.3 is 5.97 Å². The molecule has 0 atom stereocenters. The van der Waals surface area contributed by atoms with E-state index in [0.29, 0.717) is 24.7 Å². The molecule has 0 bridgehead atoms. The average molecular weight is 458 g/mol. The van der Waals surface area contributed by atoms with Crippen LogP contribution in [0.2, 0.25) is 0 Å². The third-order valence-corrected chi connectivity index (χ3v) is 7.34. The molecule has 1 aromatic carbocycles. The van der Waals surface area contributed by atoms with Crippen LogP contribution in [0.3, 0.4) is 0 Å². The Morgan fingerprint density at radius 3 is 2.90 bits per heavy atom. The molecule has 8 heteroatoms. The molecule has 31 heavy (non-hydrogen) atoms. The molecule has 0 amide bonds. The van der Waals surface area contributed by atoms with Crippen LogP contribution in [0, 0.1) is 0 Å². The van der Waals surface area contributed by atoms with E-state index in [1.54, 1.807) is 18.4 Å². The lowest BCUT2D eigenvalue weighted by Crippen LogP contribution is -2.09. The highest BCUT2D eigenvalue weighted by atomic mass is 32.2. The number of nitrogens with one attached hydrogen (secondary N) is 1. The van der Waals surface area contributed by atoms with Crippen molar-refractivity contribution in [1.82, 2.24) is 9.97 Å². The molecular formula is C23H27N3O3S2. The summed E-state index contributed by atoms with van der Waals surface area (Å²) in [7, 11) is 1.69. The summed E-state index contributed by atoms with van der Waals surface area (Å²) in [5.41, 5.74) is 2.48. The quantitative estimate of drug-likeness (QED) is 0.454. The Morgan fingerprint density at radius 2 is 2.06 bits per heavy atom. The van der Waals surface area contributed by atoms with Crippen LogP contribution in [-0.2, 0) is 34.7 Å². The number of para-hydroxylation sites is 1. The van der Waals surface area contributed by atoms with Gasteiger partial charge in [-0.25, -0.2) is 9.97 Å². The Morgan fingerprint density at radius 1 is 1.23 bits per heavy atom. The molecule has 0 saturated carbocycles. The van der Waals surface area contributed by atoms with Crippen molar-refractivity contribution in [3.05, 3.63) is 46.1 Å². The van der Waals surface area contributed by atoms with Crippen molar-refractivity contribution in [2.45, 2.75) is 44.9 Å². The van der Waals surface area contributed by atoms with Crippen molar-refractivity contribution in [2.24, 2.45) is 0 Å². The second kappa shape index (κ2) is 10.3. The molecule has 0 spiro atoms. The maximum absolute atomic E-state index is 11.7. The molecule has 0 fully saturated rings. The van der Waals surface area contributed by atoms with E-state index >= 15 is 0 Å². The van der Waals surface area contributed by atoms with Gasteiger partial charge in [0.05, 0.1) is 30.6 Å². The standard InChI is InChI=1S/C23H27N3O3S2/c1-3-29-20(27)14-30-13-19-25-22(24-12-15-8-4-6-10-17(15)28-2)21-16-9-5-7-11-18(16)31-23(21)26-19/h4,6,8,10H,3,5,7,9,11-14H2,1-2H3,(H,24,25,26). The van der Waals surface area contributed by atoms with Crippen LogP contribution in [0.1, 0.15) is 41.6 Å². The maximum atomic E-state index is 11.7. The summed E-state index contributed by atoms with van der Waals surface area (Å²) in [6.45, 7) is 2.84. The summed E-state index contributed by atoms with van der Waals surface area (Å²) in [6, 6.07) is 8.01. The van der Waals surface area contributed by atoms with E-state index in [4.69, 9.17) is 19.4 Å². The van der Waals surface area contributed by atoms with Crippen molar-refractivity contribution in [3.63, 3.8) is 0 Å². The van der Waals surface area contributed by atoms with E-state index in [1.165, 1.54) is 35.0 Å². The number of hydrogen-bond acceptors (Lipinski definition) is 8. The van der Waals surface area contributed by atoms with E-state index in [2.05, 4.69) is 11.4 Å².